The lowest BCUT2D eigenvalue weighted by Crippen LogP contribution is -2.28. The van der Waals surface area contributed by atoms with Gasteiger partial charge in [-0.05, 0) is 25.3 Å². The summed E-state index contributed by atoms with van der Waals surface area (Å²) in [5.74, 6) is -1.04. The Hall–Kier alpha value is -2.11. The number of nitrogens with zero attached hydrogens (tertiary/aromatic N) is 2. The van der Waals surface area contributed by atoms with Gasteiger partial charge in [-0.3, -0.25) is 10.1 Å². The van der Waals surface area contributed by atoms with E-state index in [0.717, 1.165) is 32.2 Å². The second-order valence-corrected chi connectivity index (χ2v) is 5.04. The first-order valence-electron chi connectivity index (χ1n) is 6.83. The standard InChI is InChI=1S/C14H18N2O4/c1-2-3-8-15(10-4-5-10)13-9-11(16(19)20)6-7-12(13)14(17)18/h6-7,9-10H,2-5,8H2,1H3,(H,17,18). The van der Waals surface area contributed by atoms with E-state index in [0.29, 0.717) is 11.7 Å². The third-order valence-electron chi connectivity index (χ3n) is 3.47. The third-order valence-corrected chi connectivity index (χ3v) is 3.47. The number of carbonyl (C=O) groups is 1. The molecule has 6 heteroatoms. The fraction of sp³-hybridized carbons (Fsp3) is 0.500. The van der Waals surface area contributed by atoms with Crippen molar-refractivity contribution in [1.82, 2.24) is 0 Å². The molecule has 1 aliphatic carbocycles. The van der Waals surface area contributed by atoms with Crippen LogP contribution in [-0.4, -0.2) is 28.6 Å². The van der Waals surface area contributed by atoms with Crippen LogP contribution in [0.2, 0.25) is 0 Å². The molecule has 0 saturated heterocycles. The summed E-state index contributed by atoms with van der Waals surface area (Å²) in [6.07, 6.45) is 3.98. The summed E-state index contributed by atoms with van der Waals surface area (Å²) < 4.78 is 0. The zero-order valence-electron chi connectivity index (χ0n) is 11.4. The van der Waals surface area contributed by atoms with Crippen LogP contribution < -0.4 is 4.90 Å². The maximum atomic E-state index is 11.3. The van der Waals surface area contributed by atoms with Crippen LogP contribution in [0.1, 0.15) is 43.0 Å². The van der Waals surface area contributed by atoms with Crippen LogP contribution in [0.4, 0.5) is 11.4 Å². The molecule has 0 heterocycles. The molecule has 0 amide bonds. The van der Waals surface area contributed by atoms with Crippen molar-refractivity contribution in [2.24, 2.45) is 0 Å². The number of benzene rings is 1. The third kappa shape index (κ3) is 3.07. The summed E-state index contributed by atoms with van der Waals surface area (Å²) in [4.78, 5) is 23.8. The molecule has 0 aromatic heterocycles. The van der Waals surface area contributed by atoms with Crippen molar-refractivity contribution in [2.45, 2.75) is 38.6 Å². The Balaban J connectivity index is 2.40. The highest BCUT2D eigenvalue weighted by Crippen LogP contribution is 2.35. The second-order valence-electron chi connectivity index (χ2n) is 5.04. The number of anilines is 1. The Morgan fingerprint density at radius 2 is 2.20 bits per heavy atom. The Morgan fingerprint density at radius 3 is 2.70 bits per heavy atom. The van der Waals surface area contributed by atoms with E-state index in [4.69, 9.17) is 0 Å². The summed E-state index contributed by atoms with van der Waals surface area (Å²) in [5, 5.41) is 20.2. The van der Waals surface area contributed by atoms with Gasteiger partial charge in [0, 0.05) is 24.7 Å². The molecule has 0 atom stereocenters. The molecule has 0 spiro atoms. The first-order valence-corrected chi connectivity index (χ1v) is 6.83. The van der Waals surface area contributed by atoms with Crippen molar-refractivity contribution in [3.63, 3.8) is 0 Å². The minimum absolute atomic E-state index is 0.0628. The van der Waals surface area contributed by atoms with E-state index in [1.807, 2.05) is 4.90 Å². The van der Waals surface area contributed by atoms with Crippen molar-refractivity contribution in [1.29, 1.82) is 0 Å². The van der Waals surface area contributed by atoms with Gasteiger partial charge >= 0.3 is 5.97 Å². The maximum Gasteiger partial charge on any atom is 0.337 e. The number of hydrogen-bond donors (Lipinski definition) is 1. The molecule has 1 fully saturated rings. The Morgan fingerprint density at radius 1 is 1.50 bits per heavy atom. The lowest BCUT2D eigenvalue weighted by Gasteiger charge is -2.25. The van der Waals surface area contributed by atoms with Crippen LogP contribution in [0.3, 0.4) is 0 Å². The number of non-ortho nitro benzene ring substituents is 1. The molecule has 0 aliphatic heterocycles. The molecule has 0 bridgehead atoms. The zero-order valence-corrected chi connectivity index (χ0v) is 11.4. The maximum absolute atomic E-state index is 11.3. The fourth-order valence-electron chi connectivity index (χ4n) is 2.27. The van der Waals surface area contributed by atoms with Gasteiger partial charge in [0.25, 0.3) is 5.69 Å². The molecule has 1 N–H and O–H groups in total. The van der Waals surface area contributed by atoms with Crippen molar-refractivity contribution < 1.29 is 14.8 Å². The van der Waals surface area contributed by atoms with Crippen molar-refractivity contribution in [3.05, 3.63) is 33.9 Å². The molecule has 1 saturated carbocycles. The summed E-state index contributed by atoms with van der Waals surface area (Å²) in [6.45, 7) is 2.80. The number of rotatable bonds is 7. The summed E-state index contributed by atoms with van der Waals surface area (Å²) in [6, 6.07) is 4.29. The van der Waals surface area contributed by atoms with Gasteiger partial charge in [-0.25, -0.2) is 4.79 Å². The van der Waals surface area contributed by atoms with E-state index in [1.165, 1.54) is 18.2 Å². The van der Waals surface area contributed by atoms with E-state index in [1.54, 1.807) is 0 Å². The molecule has 0 radical (unpaired) electrons. The average Bonchev–Trinajstić information content (AvgIpc) is 3.23. The number of unbranched alkanes of at least 4 members (excludes halogenated alkanes) is 1. The quantitative estimate of drug-likeness (QED) is 0.612. The van der Waals surface area contributed by atoms with E-state index in [2.05, 4.69) is 6.92 Å². The second kappa shape index (κ2) is 5.90. The fourth-order valence-corrected chi connectivity index (χ4v) is 2.27. The summed E-state index contributed by atoms with van der Waals surface area (Å²) >= 11 is 0. The highest BCUT2D eigenvalue weighted by atomic mass is 16.6. The SMILES string of the molecule is CCCCN(c1cc([N+](=O)[O-])ccc1C(=O)O)C1CC1. The zero-order chi connectivity index (χ0) is 14.7. The molecule has 1 aromatic carbocycles. The topological polar surface area (TPSA) is 83.7 Å². The molecule has 0 unspecified atom stereocenters. The predicted molar refractivity (Wildman–Crippen MR) is 75.3 cm³/mol. The average molecular weight is 278 g/mol. The Labute approximate surface area is 117 Å². The van der Waals surface area contributed by atoms with Crippen LogP contribution in [0.5, 0.6) is 0 Å². The molecule has 108 valence electrons. The minimum Gasteiger partial charge on any atom is -0.478 e. The lowest BCUT2D eigenvalue weighted by molar-refractivity contribution is -0.384. The van der Waals surface area contributed by atoms with Gasteiger partial charge in [0.2, 0.25) is 0 Å². The van der Waals surface area contributed by atoms with Gasteiger partial charge in [-0.2, -0.15) is 0 Å². The van der Waals surface area contributed by atoms with E-state index < -0.39 is 10.9 Å². The van der Waals surface area contributed by atoms with E-state index in [9.17, 15) is 20.0 Å². The minimum atomic E-state index is -1.04. The van der Waals surface area contributed by atoms with Crippen LogP contribution in [0, 0.1) is 10.1 Å². The predicted octanol–water partition coefficient (Wildman–Crippen LogP) is 3.06. The number of aromatic carboxylic acids is 1. The summed E-state index contributed by atoms with van der Waals surface area (Å²) in [5.41, 5.74) is 0.549. The molecular weight excluding hydrogens is 260 g/mol. The number of carboxylic acids is 1. The molecule has 1 aliphatic rings. The highest BCUT2D eigenvalue weighted by Gasteiger charge is 2.32. The van der Waals surface area contributed by atoms with E-state index in [-0.39, 0.29) is 11.3 Å². The molecule has 6 nitrogen and oxygen atoms in total. The largest absolute Gasteiger partial charge is 0.478 e. The Kier molecular flexibility index (Phi) is 4.22. The summed E-state index contributed by atoms with van der Waals surface area (Å²) in [7, 11) is 0. The highest BCUT2D eigenvalue weighted by molar-refractivity contribution is 5.95. The van der Waals surface area contributed by atoms with Gasteiger partial charge in [-0.1, -0.05) is 13.3 Å². The van der Waals surface area contributed by atoms with Gasteiger partial charge < -0.3 is 10.0 Å². The monoisotopic (exact) mass is 278 g/mol. The smallest absolute Gasteiger partial charge is 0.337 e. The molecular formula is C14H18N2O4. The number of hydrogen-bond acceptors (Lipinski definition) is 4. The first kappa shape index (κ1) is 14.3. The van der Waals surface area contributed by atoms with Gasteiger partial charge in [0.05, 0.1) is 16.2 Å². The normalized spacial score (nSPS) is 14.1. The number of carboxylic acid groups (broad SMARTS) is 1. The first-order chi connectivity index (χ1) is 9.54. The molecule has 1 aromatic rings. The Bertz CT molecular complexity index is 526. The molecule has 20 heavy (non-hydrogen) atoms. The van der Waals surface area contributed by atoms with Crippen LogP contribution in [0.25, 0.3) is 0 Å². The van der Waals surface area contributed by atoms with Crippen molar-refractivity contribution in [3.8, 4) is 0 Å². The lowest BCUT2D eigenvalue weighted by atomic mass is 10.1. The van der Waals surface area contributed by atoms with Crippen molar-refractivity contribution in [2.75, 3.05) is 11.4 Å². The number of nitro benzene ring substituents is 1. The van der Waals surface area contributed by atoms with Gasteiger partial charge in [0.1, 0.15) is 0 Å². The molecule has 2 rings (SSSR count). The van der Waals surface area contributed by atoms with E-state index >= 15 is 0 Å². The van der Waals surface area contributed by atoms with Crippen molar-refractivity contribution >= 4 is 17.3 Å². The van der Waals surface area contributed by atoms with Crippen LogP contribution in [0.15, 0.2) is 18.2 Å². The van der Waals surface area contributed by atoms with Gasteiger partial charge in [-0.15, -0.1) is 0 Å². The number of nitro groups is 1. The van der Waals surface area contributed by atoms with Crippen LogP contribution >= 0.6 is 0 Å². The van der Waals surface area contributed by atoms with Crippen LogP contribution in [-0.2, 0) is 0 Å². The van der Waals surface area contributed by atoms with Gasteiger partial charge in [0.15, 0.2) is 0 Å².